The van der Waals surface area contributed by atoms with Crippen molar-refractivity contribution >= 4 is 17.8 Å². The number of carboxylic acid groups (broad SMARTS) is 1. The van der Waals surface area contributed by atoms with Crippen LogP contribution in [0.2, 0.25) is 0 Å². The number of methoxy groups -OCH3 is 3. The SMILES string of the molecule is COc1ccc(C(=O)N(C)CC(=O)N2CCC(C(=O)O)CC2)c(OC)c1OC. The first kappa shape index (κ1) is 21.3. The number of nitrogens with zero attached hydrogens (tertiary/aromatic N) is 2. The van der Waals surface area contributed by atoms with E-state index in [2.05, 4.69) is 0 Å². The molecule has 0 aliphatic carbocycles. The molecule has 9 heteroatoms. The molecule has 1 aliphatic heterocycles. The summed E-state index contributed by atoms with van der Waals surface area (Å²) in [5.41, 5.74) is 0.250. The van der Waals surface area contributed by atoms with E-state index in [-0.39, 0.29) is 23.8 Å². The fourth-order valence-corrected chi connectivity index (χ4v) is 3.23. The van der Waals surface area contributed by atoms with Crippen LogP contribution in [0.1, 0.15) is 23.2 Å². The first-order valence-electron chi connectivity index (χ1n) is 8.89. The quantitative estimate of drug-likeness (QED) is 0.738. The molecule has 0 unspecified atom stereocenters. The molecule has 1 N–H and O–H groups in total. The normalized spacial score (nSPS) is 14.4. The van der Waals surface area contributed by atoms with Gasteiger partial charge in [-0.2, -0.15) is 0 Å². The van der Waals surface area contributed by atoms with E-state index in [0.29, 0.717) is 37.4 Å². The third-order valence-corrected chi connectivity index (χ3v) is 4.85. The van der Waals surface area contributed by atoms with Crippen molar-refractivity contribution in [3.63, 3.8) is 0 Å². The molecule has 0 radical (unpaired) electrons. The van der Waals surface area contributed by atoms with Gasteiger partial charge in [-0.3, -0.25) is 14.4 Å². The van der Waals surface area contributed by atoms with Gasteiger partial charge in [-0.25, -0.2) is 0 Å². The molecule has 0 spiro atoms. The molecule has 1 fully saturated rings. The number of carbonyl (C=O) groups excluding carboxylic acids is 2. The Labute approximate surface area is 163 Å². The number of benzene rings is 1. The average molecular weight is 394 g/mol. The Morgan fingerprint density at radius 3 is 2.18 bits per heavy atom. The summed E-state index contributed by atoms with van der Waals surface area (Å²) in [7, 11) is 5.88. The monoisotopic (exact) mass is 394 g/mol. The van der Waals surface area contributed by atoms with E-state index in [4.69, 9.17) is 19.3 Å². The molecule has 0 bridgehead atoms. The number of likely N-dealkylation sites (N-methyl/N-ethyl adjacent to an activating group) is 1. The highest BCUT2D eigenvalue weighted by Crippen LogP contribution is 2.40. The van der Waals surface area contributed by atoms with Gasteiger partial charge >= 0.3 is 5.97 Å². The van der Waals surface area contributed by atoms with Gasteiger partial charge in [0.1, 0.15) is 0 Å². The number of hydrogen-bond acceptors (Lipinski definition) is 6. The molecule has 2 amide bonds. The second kappa shape index (κ2) is 9.29. The second-order valence-electron chi connectivity index (χ2n) is 6.54. The topological polar surface area (TPSA) is 106 Å². The van der Waals surface area contributed by atoms with Gasteiger partial charge in [0.25, 0.3) is 5.91 Å². The smallest absolute Gasteiger partial charge is 0.306 e. The van der Waals surface area contributed by atoms with Crippen LogP contribution in [0, 0.1) is 5.92 Å². The standard InChI is InChI=1S/C19H26N2O7/c1-20(11-15(22)21-9-7-12(8-10-21)19(24)25)18(23)13-5-6-14(26-2)17(28-4)16(13)27-3/h5-6,12H,7-11H2,1-4H3,(H,24,25). The molecule has 1 heterocycles. The van der Waals surface area contributed by atoms with Gasteiger partial charge in [0.2, 0.25) is 11.7 Å². The Hall–Kier alpha value is -2.97. The molecule has 9 nitrogen and oxygen atoms in total. The van der Waals surface area contributed by atoms with Crippen molar-refractivity contribution in [1.29, 1.82) is 0 Å². The summed E-state index contributed by atoms with van der Waals surface area (Å²) in [6, 6.07) is 3.16. The van der Waals surface area contributed by atoms with Crippen molar-refractivity contribution in [1.82, 2.24) is 9.80 Å². The van der Waals surface area contributed by atoms with E-state index in [9.17, 15) is 14.4 Å². The molecule has 0 aromatic heterocycles. The van der Waals surface area contributed by atoms with Gasteiger partial charge in [0.15, 0.2) is 11.5 Å². The highest BCUT2D eigenvalue weighted by Gasteiger charge is 2.29. The Kier molecular flexibility index (Phi) is 7.08. The molecule has 1 aliphatic rings. The zero-order valence-electron chi connectivity index (χ0n) is 16.6. The fraction of sp³-hybridized carbons (Fsp3) is 0.526. The van der Waals surface area contributed by atoms with Crippen LogP contribution in [-0.2, 0) is 9.59 Å². The summed E-state index contributed by atoms with van der Waals surface area (Å²) >= 11 is 0. The first-order valence-corrected chi connectivity index (χ1v) is 8.89. The van der Waals surface area contributed by atoms with Crippen molar-refractivity contribution in [3.8, 4) is 17.2 Å². The second-order valence-corrected chi connectivity index (χ2v) is 6.54. The number of rotatable bonds is 7. The summed E-state index contributed by atoms with van der Waals surface area (Å²) in [5.74, 6) is -0.916. The maximum absolute atomic E-state index is 12.9. The summed E-state index contributed by atoms with van der Waals surface area (Å²) in [6.07, 6.45) is 0.838. The van der Waals surface area contributed by atoms with E-state index in [0.717, 1.165) is 0 Å². The maximum atomic E-state index is 12.9. The lowest BCUT2D eigenvalue weighted by molar-refractivity contribution is -0.145. The molecule has 2 rings (SSSR count). The number of aliphatic carboxylic acids is 1. The van der Waals surface area contributed by atoms with Gasteiger partial charge in [-0.1, -0.05) is 0 Å². The Morgan fingerprint density at radius 1 is 1.07 bits per heavy atom. The van der Waals surface area contributed by atoms with Crippen LogP contribution < -0.4 is 14.2 Å². The molecular weight excluding hydrogens is 368 g/mol. The predicted octanol–water partition coefficient (Wildman–Crippen LogP) is 1.11. The first-order chi connectivity index (χ1) is 13.3. The van der Waals surface area contributed by atoms with Crippen LogP contribution in [0.25, 0.3) is 0 Å². The summed E-state index contributed by atoms with van der Waals surface area (Å²) in [4.78, 5) is 39.3. The van der Waals surface area contributed by atoms with Crippen molar-refractivity contribution in [2.24, 2.45) is 5.92 Å². The third kappa shape index (κ3) is 4.47. The summed E-state index contributed by atoms with van der Waals surface area (Å²) < 4.78 is 15.8. The van der Waals surface area contributed by atoms with E-state index in [1.54, 1.807) is 17.0 Å². The minimum atomic E-state index is -0.833. The van der Waals surface area contributed by atoms with E-state index >= 15 is 0 Å². The molecule has 1 saturated heterocycles. The zero-order chi connectivity index (χ0) is 20.8. The number of likely N-dealkylation sites (tertiary alicyclic amines) is 1. The van der Waals surface area contributed by atoms with Crippen LogP contribution in [0.15, 0.2) is 12.1 Å². The lowest BCUT2D eigenvalue weighted by Gasteiger charge is -2.31. The number of ether oxygens (including phenoxy) is 3. The molecule has 0 saturated carbocycles. The van der Waals surface area contributed by atoms with Crippen molar-refractivity contribution in [2.45, 2.75) is 12.8 Å². The molecule has 1 aromatic rings. The van der Waals surface area contributed by atoms with Gasteiger partial charge in [-0.15, -0.1) is 0 Å². The van der Waals surface area contributed by atoms with E-state index < -0.39 is 17.8 Å². The van der Waals surface area contributed by atoms with Gasteiger partial charge in [0.05, 0.1) is 39.4 Å². The highest BCUT2D eigenvalue weighted by molar-refractivity contribution is 5.99. The summed E-state index contributed by atoms with van der Waals surface area (Å²) in [6.45, 7) is 0.628. The van der Waals surface area contributed by atoms with Crippen LogP contribution in [0.4, 0.5) is 0 Å². The van der Waals surface area contributed by atoms with Crippen LogP contribution in [-0.4, -0.2) is 80.7 Å². The van der Waals surface area contributed by atoms with E-state index in [1.807, 2.05) is 0 Å². The van der Waals surface area contributed by atoms with Gasteiger partial charge < -0.3 is 29.1 Å². The lowest BCUT2D eigenvalue weighted by Crippen LogP contribution is -2.45. The van der Waals surface area contributed by atoms with Crippen molar-refractivity contribution < 1.29 is 33.7 Å². The predicted molar refractivity (Wildman–Crippen MR) is 100.0 cm³/mol. The van der Waals surface area contributed by atoms with Crippen LogP contribution >= 0.6 is 0 Å². The number of hydrogen-bond donors (Lipinski definition) is 1. The van der Waals surface area contributed by atoms with Crippen LogP contribution in [0.3, 0.4) is 0 Å². The largest absolute Gasteiger partial charge is 0.493 e. The molecule has 28 heavy (non-hydrogen) atoms. The van der Waals surface area contributed by atoms with Gasteiger partial charge in [-0.05, 0) is 25.0 Å². The number of piperidine rings is 1. The summed E-state index contributed by atoms with van der Waals surface area (Å²) in [5, 5.41) is 9.05. The van der Waals surface area contributed by atoms with E-state index in [1.165, 1.54) is 33.3 Å². The fourth-order valence-electron chi connectivity index (χ4n) is 3.23. The number of carbonyl (C=O) groups is 3. The van der Waals surface area contributed by atoms with Crippen molar-refractivity contribution in [2.75, 3.05) is 48.0 Å². The lowest BCUT2D eigenvalue weighted by atomic mass is 9.97. The molecule has 154 valence electrons. The van der Waals surface area contributed by atoms with Gasteiger partial charge in [0, 0.05) is 20.1 Å². The molecule has 0 atom stereocenters. The molecule has 1 aromatic carbocycles. The number of amides is 2. The Bertz CT molecular complexity index is 742. The average Bonchev–Trinajstić information content (AvgIpc) is 2.71. The number of carboxylic acids is 1. The maximum Gasteiger partial charge on any atom is 0.306 e. The minimum absolute atomic E-state index is 0.117. The Balaban J connectivity index is 2.09. The zero-order valence-corrected chi connectivity index (χ0v) is 16.6. The minimum Gasteiger partial charge on any atom is -0.493 e. The Morgan fingerprint density at radius 2 is 1.68 bits per heavy atom. The van der Waals surface area contributed by atoms with Crippen LogP contribution in [0.5, 0.6) is 17.2 Å². The third-order valence-electron chi connectivity index (χ3n) is 4.85. The van der Waals surface area contributed by atoms with Crippen molar-refractivity contribution in [3.05, 3.63) is 17.7 Å². The molecular formula is C19H26N2O7. The highest BCUT2D eigenvalue weighted by atomic mass is 16.5.